The molecular weight excluding hydrogens is 245 g/mol. The Morgan fingerprint density at radius 1 is 1.50 bits per heavy atom. The molecule has 1 aliphatic heterocycles. The van der Waals surface area contributed by atoms with E-state index in [1.54, 1.807) is 0 Å². The molecule has 0 unspecified atom stereocenters. The summed E-state index contributed by atoms with van der Waals surface area (Å²) in [7, 11) is 0. The molecule has 0 spiro atoms. The first-order valence-corrected chi connectivity index (χ1v) is 6.25. The van der Waals surface area contributed by atoms with Gasteiger partial charge in [0, 0.05) is 5.97 Å². The number of rotatable bonds is 0. The Balaban J connectivity index is 0.000000364. The zero-order valence-electron chi connectivity index (χ0n) is 8.59. The van der Waals surface area contributed by atoms with E-state index in [1.165, 1.54) is 11.1 Å². The molecule has 0 atom stereocenters. The Hall–Kier alpha value is -0.911. The second kappa shape index (κ2) is 6.53. The van der Waals surface area contributed by atoms with Crippen LogP contribution in [0.2, 0.25) is 5.32 Å². The third-order valence-corrected chi connectivity index (χ3v) is 4.18. The summed E-state index contributed by atoms with van der Waals surface area (Å²) in [5, 5.41) is 18.6. The topological polar surface area (TPSA) is 63.9 Å². The molecule has 0 aliphatic carbocycles. The second-order valence-corrected chi connectivity index (χ2v) is 5.30. The Morgan fingerprint density at radius 2 is 2.00 bits per heavy atom. The summed E-state index contributed by atoms with van der Waals surface area (Å²) < 4.78 is 1.11. The number of carbonyl (C=O) groups excluding carboxylic acids is 1. The molecule has 0 aromatic carbocycles. The van der Waals surface area contributed by atoms with Crippen LogP contribution in [0.3, 0.4) is 0 Å². The van der Waals surface area contributed by atoms with Gasteiger partial charge in [-0.3, -0.25) is 0 Å². The number of allylic oxidation sites excluding steroid dienone is 2. The van der Waals surface area contributed by atoms with Gasteiger partial charge in [-0.25, -0.2) is 0 Å². The van der Waals surface area contributed by atoms with Gasteiger partial charge in [-0.1, -0.05) is 0 Å². The molecule has 0 aromatic rings. The zero-order chi connectivity index (χ0) is 11.1. The predicted octanol–water partition coefficient (Wildman–Crippen LogP) is 0.301. The van der Waals surface area contributed by atoms with E-state index in [4.69, 9.17) is 15.2 Å². The molecule has 0 radical (unpaired) electrons. The minimum absolute atomic E-state index is 0.471. The summed E-state index contributed by atoms with van der Waals surface area (Å²) in [5.74, 6) is -1.08. The van der Waals surface area contributed by atoms with E-state index < -0.39 is 5.97 Å². The first kappa shape index (κ1) is 13.1. The summed E-state index contributed by atoms with van der Waals surface area (Å²) in [6, 6.07) is 2.27. The van der Waals surface area contributed by atoms with Gasteiger partial charge in [0.25, 0.3) is 0 Å². The molecule has 1 rings (SSSR count). The van der Waals surface area contributed by atoms with Gasteiger partial charge in [-0.2, -0.15) is 0 Å². The minimum atomic E-state index is -1.08. The van der Waals surface area contributed by atoms with Gasteiger partial charge < -0.3 is 9.90 Å². The van der Waals surface area contributed by atoms with Crippen LogP contribution < -0.4 is 5.11 Å². The Kier molecular flexibility index (Phi) is 6.10. The van der Waals surface area contributed by atoms with Crippen molar-refractivity contribution in [1.29, 1.82) is 5.26 Å². The summed E-state index contributed by atoms with van der Waals surface area (Å²) in [5.41, 5.74) is 2.91. The summed E-state index contributed by atoms with van der Waals surface area (Å²) in [6.07, 6.45) is 0.947. The van der Waals surface area contributed by atoms with Crippen LogP contribution in [0, 0.1) is 11.3 Å². The van der Waals surface area contributed by atoms with Crippen LogP contribution in [0.15, 0.2) is 11.1 Å². The van der Waals surface area contributed by atoms with E-state index in [1.807, 2.05) is 0 Å². The van der Waals surface area contributed by atoms with Crippen LogP contribution in [0.5, 0.6) is 0 Å². The normalized spacial score (nSPS) is 14.9. The van der Waals surface area contributed by atoms with Crippen LogP contribution >= 0.6 is 0 Å². The predicted molar refractivity (Wildman–Crippen MR) is 54.9 cm³/mol. The van der Waals surface area contributed by atoms with Gasteiger partial charge >= 0.3 is 67.0 Å². The standard InChI is InChI=1S/C8H10NSe.C2H4O2/c1-6-3-8(4-9)10-5-7(6)2;1-2(3)4/h3,5H2,1-2H3;1H3,(H,3,4)/q+1;/p-1. The van der Waals surface area contributed by atoms with Gasteiger partial charge in [0.2, 0.25) is 0 Å². The fraction of sp³-hybridized carbons (Fsp3) is 0.500. The number of carboxylic acid groups (broad SMARTS) is 1. The molecule has 1 aliphatic rings. The number of nitrogens with zero attached hydrogens (tertiary/aromatic N) is 1. The molecule has 0 N–H and O–H groups in total. The number of aliphatic carboxylic acids is 1. The van der Waals surface area contributed by atoms with E-state index >= 15 is 0 Å². The number of carbonyl (C=O) groups is 1. The fourth-order valence-electron chi connectivity index (χ4n) is 0.833. The summed E-state index contributed by atoms with van der Waals surface area (Å²) in [6.45, 7) is 5.27. The van der Waals surface area contributed by atoms with E-state index in [0.717, 1.165) is 23.1 Å². The fourth-order valence-corrected chi connectivity index (χ4v) is 2.97. The van der Waals surface area contributed by atoms with Crippen molar-refractivity contribution in [3.8, 4) is 6.07 Å². The van der Waals surface area contributed by atoms with Gasteiger partial charge in [0.05, 0.1) is 0 Å². The molecule has 3 nitrogen and oxygen atoms in total. The third kappa shape index (κ3) is 5.69. The second-order valence-electron chi connectivity index (χ2n) is 3.05. The van der Waals surface area contributed by atoms with Gasteiger partial charge in [-0.15, -0.1) is 0 Å². The third-order valence-electron chi connectivity index (χ3n) is 1.74. The SMILES string of the molecule is CC(=O)[O-].CC1=C(C)CC(C#N)=[Se+]C1. The first-order valence-electron chi connectivity index (χ1n) is 4.19. The Bertz CT molecular complexity index is 320. The Morgan fingerprint density at radius 3 is 2.36 bits per heavy atom. The van der Waals surface area contributed by atoms with E-state index in [-0.39, 0.29) is 0 Å². The number of hydrogen-bond acceptors (Lipinski definition) is 3. The molecule has 4 heteroatoms. The van der Waals surface area contributed by atoms with Crippen molar-refractivity contribution in [3.63, 3.8) is 0 Å². The van der Waals surface area contributed by atoms with Gasteiger partial charge in [0.1, 0.15) is 0 Å². The van der Waals surface area contributed by atoms with Crippen LogP contribution in [0.1, 0.15) is 27.2 Å². The zero-order valence-corrected chi connectivity index (χ0v) is 10.3. The molecule has 0 fully saturated rings. The van der Waals surface area contributed by atoms with Crippen LogP contribution in [0.4, 0.5) is 0 Å². The molecule has 1 heterocycles. The van der Waals surface area contributed by atoms with Crippen LogP contribution in [0.25, 0.3) is 0 Å². The van der Waals surface area contributed by atoms with Crippen LogP contribution in [-0.4, -0.2) is 24.9 Å². The molecule has 0 saturated carbocycles. The number of nitriles is 1. The summed E-state index contributed by atoms with van der Waals surface area (Å²) in [4.78, 5) is 8.89. The molecule has 0 aromatic heterocycles. The van der Waals surface area contributed by atoms with Crippen molar-refractivity contribution in [2.75, 3.05) is 0 Å². The van der Waals surface area contributed by atoms with Crippen molar-refractivity contribution in [2.45, 2.75) is 32.5 Å². The van der Waals surface area contributed by atoms with Crippen molar-refractivity contribution in [3.05, 3.63) is 11.1 Å². The monoisotopic (exact) mass is 259 g/mol. The Labute approximate surface area is 90.1 Å². The molecule has 76 valence electrons. The van der Waals surface area contributed by atoms with Gasteiger partial charge in [-0.05, 0) is 6.92 Å². The van der Waals surface area contributed by atoms with Crippen molar-refractivity contribution >= 4 is 24.9 Å². The molecule has 0 saturated heterocycles. The van der Waals surface area contributed by atoms with Crippen molar-refractivity contribution in [1.82, 2.24) is 0 Å². The average molecular weight is 258 g/mol. The van der Waals surface area contributed by atoms with E-state index in [9.17, 15) is 0 Å². The average Bonchev–Trinajstić information content (AvgIpc) is 2.09. The maximum atomic E-state index is 8.89. The van der Waals surface area contributed by atoms with E-state index in [2.05, 4.69) is 19.9 Å². The summed E-state index contributed by atoms with van der Waals surface area (Å²) >= 11 is 0.471. The van der Waals surface area contributed by atoms with Crippen molar-refractivity contribution < 1.29 is 9.90 Å². The van der Waals surface area contributed by atoms with E-state index in [0.29, 0.717) is 14.5 Å². The van der Waals surface area contributed by atoms with Crippen molar-refractivity contribution in [2.24, 2.45) is 0 Å². The first-order chi connectivity index (χ1) is 6.47. The molecule has 0 amide bonds. The number of carboxylic acids is 1. The van der Waals surface area contributed by atoms with Gasteiger partial charge in [0.15, 0.2) is 0 Å². The molecule has 14 heavy (non-hydrogen) atoms. The maximum absolute atomic E-state index is 8.89. The quantitative estimate of drug-likeness (QED) is 0.463. The van der Waals surface area contributed by atoms with Crippen LogP contribution in [-0.2, 0) is 4.79 Å². The molecular formula is C10H13NO2Se. The molecule has 0 bridgehead atoms. The number of hydrogen-bond donors (Lipinski definition) is 0.